The first-order valence-electron chi connectivity index (χ1n) is 5.00. The van der Waals surface area contributed by atoms with Gasteiger partial charge in [0, 0.05) is 16.9 Å². The van der Waals surface area contributed by atoms with Crippen LogP contribution in [0.3, 0.4) is 0 Å². The van der Waals surface area contributed by atoms with Crippen molar-refractivity contribution in [2.24, 2.45) is 0 Å². The molecule has 0 bridgehead atoms. The summed E-state index contributed by atoms with van der Waals surface area (Å²) >= 11 is 0.877. The average molecular weight is 254 g/mol. The Hall–Kier alpha value is -1.30. The minimum atomic E-state index is -1.99. The van der Waals surface area contributed by atoms with Crippen LogP contribution < -0.4 is 0 Å². The van der Waals surface area contributed by atoms with Crippen molar-refractivity contribution in [3.8, 4) is 0 Å². The molecule has 3 N–H and O–H groups in total. The summed E-state index contributed by atoms with van der Waals surface area (Å²) < 4.78 is 0. The van der Waals surface area contributed by atoms with Gasteiger partial charge >= 0.3 is 5.97 Å². The molecule has 0 fully saturated rings. The van der Waals surface area contributed by atoms with E-state index in [9.17, 15) is 15.0 Å². The van der Waals surface area contributed by atoms with Gasteiger partial charge in [-0.3, -0.25) is 0 Å². The minimum absolute atomic E-state index is 0.0299. The zero-order valence-corrected chi connectivity index (χ0v) is 9.98. The van der Waals surface area contributed by atoms with Crippen molar-refractivity contribution >= 4 is 17.7 Å². The summed E-state index contributed by atoms with van der Waals surface area (Å²) in [6.45, 7) is 3.33. The highest BCUT2D eigenvalue weighted by Gasteiger charge is 2.25. The van der Waals surface area contributed by atoms with Gasteiger partial charge in [0.25, 0.3) is 0 Å². The Kier molecular flexibility index (Phi) is 4.74. The van der Waals surface area contributed by atoms with Gasteiger partial charge in [-0.1, -0.05) is 36.5 Å². The number of hydrogen-bond donors (Lipinski definition) is 3. The van der Waals surface area contributed by atoms with Gasteiger partial charge in [0.1, 0.15) is 0 Å². The molecule has 0 radical (unpaired) electrons. The normalized spacial score (nSPS) is 11.2. The van der Waals surface area contributed by atoms with E-state index >= 15 is 0 Å². The van der Waals surface area contributed by atoms with E-state index in [1.54, 1.807) is 24.3 Å². The lowest BCUT2D eigenvalue weighted by Gasteiger charge is -2.20. The number of carboxylic acids is 1. The van der Waals surface area contributed by atoms with E-state index in [1.165, 1.54) is 0 Å². The number of carboxylic acid groups (broad SMARTS) is 1. The van der Waals surface area contributed by atoms with Crippen molar-refractivity contribution in [2.75, 3.05) is 0 Å². The highest BCUT2D eigenvalue weighted by Crippen LogP contribution is 2.32. The Labute approximate surface area is 104 Å². The summed E-state index contributed by atoms with van der Waals surface area (Å²) in [5, 5.41) is 26.0. The number of aliphatic carboxylic acids is 1. The van der Waals surface area contributed by atoms with Crippen molar-refractivity contribution in [3.63, 3.8) is 0 Å². The quantitative estimate of drug-likeness (QED) is 0.410. The molecule has 0 aromatic heterocycles. The maximum atomic E-state index is 10.5. The van der Waals surface area contributed by atoms with Crippen molar-refractivity contribution in [3.05, 3.63) is 42.5 Å². The van der Waals surface area contributed by atoms with Gasteiger partial charge < -0.3 is 15.3 Å². The smallest absolute Gasteiger partial charge is 0.330 e. The topological polar surface area (TPSA) is 77.8 Å². The summed E-state index contributed by atoms with van der Waals surface area (Å²) in [6.07, 6.45) is -0.0557. The molecule has 0 aliphatic rings. The predicted octanol–water partition coefficient (Wildman–Crippen LogP) is 1.84. The van der Waals surface area contributed by atoms with E-state index in [0.717, 1.165) is 11.8 Å². The number of hydrogen-bond acceptors (Lipinski definition) is 4. The highest BCUT2D eigenvalue weighted by molar-refractivity contribution is 8.00. The number of thioether (sulfide) groups is 1. The summed E-state index contributed by atoms with van der Waals surface area (Å²) in [4.78, 5) is 11.2. The molecule has 0 saturated carbocycles. The fourth-order valence-corrected chi connectivity index (χ4v) is 2.02. The third-order valence-electron chi connectivity index (χ3n) is 2.08. The van der Waals surface area contributed by atoms with Gasteiger partial charge in [-0.05, 0) is 18.6 Å². The lowest BCUT2D eigenvalue weighted by molar-refractivity contribution is -0.133. The van der Waals surface area contributed by atoms with Crippen LogP contribution in [0.15, 0.2) is 47.4 Å². The molecule has 92 valence electrons. The first kappa shape index (κ1) is 13.8. The third kappa shape index (κ3) is 5.04. The molecule has 1 aromatic carbocycles. The minimum Gasteiger partial charge on any atom is -0.478 e. The molecule has 0 aliphatic heterocycles. The van der Waals surface area contributed by atoms with Crippen molar-refractivity contribution in [1.82, 2.24) is 0 Å². The van der Waals surface area contributed by atoms with Crippen molar-refractivity contribution in [2.45, 2.75) is 22.9 Å². The molecule has 0 atom stereocenters. The molecule has 17 heavy (non-hydrogen) atoms. The van der Waals surface area contributed by atoms with Crippen LogP contribution in [0, 0.1) is 0 Å². The Balaban J connectivity index is 2.52. The Bertz CT molecular complexity index is 400. The second-order valence-electron chi connectivity index (χ2n) is 3.57. The van der Waals surface area contributed by atoms with E-state index in [2.05, 4.69) is 6.58 Å². The van der Waals surface area contributed by atoms with E-state index in [-0.39, 0.29) is 18.4 Å². The van der Waals surface area contributed by atoms with Gasteiger partial charge in [0.2, 0.25) is 5.12 Å². The van der Waals surface area contributed by atoms with Gasteiger partial charge in [-0.15, -0.1) is 0 Å². The molecule has 0 saturated heterocycles. The first-order valence-corrected chi connectivity index (χ1v) is 5.82. The summed E-state index contributed by atoms with van der Waals surface area (Å²) in [5.41, 5.74) is -0.0360. The van der Waals surface area contributed by atoms with Gasteiger partial charge in [-0.25, -0.2) is 4.79 Å². The maximum Gasteiger partial charge on any atom is 0.330 e. The SMILES string of the molecule is C=C(CCC(O)(O)Sc1ccccc1)C(=O)O. The van der Waals surface area contributed by atoms with Crippen LogP contribution in [-0.4, -0.2) is 26.4 Å². The molecule has 0 aliphatic carbocycles. The first-order chi connectivity index (χ1) is 7.91. The zero-order valence-electron chi connectivity index (χ0n) is 9.17. The van der Waals surface area contributed by atoms with Crippen molar-refractivity contribution < 1.29 is 20.1 Å². The van der Waals surface area contributed by atoms with Crippen LogP contribution in [0.2, 0.25) is 0 Å². The standard InChI is InChI=1S/C12H14O4S/c1-9(11(13)14)7-8-12(15,16)17-10-5-3-2-4-6-10/h2-6,15-16H,1,7-8H2,(H,13,14). The highest BCUT2D eigenvalue weighted by atomic mass is 32.2. The third-order valence-corrected chi connectivity index (χ3v) is 3.12. The summed E-state index contributed by atoms with van der Waals surface area (Å²) in [6, 6.07) is 8.89. The number of aliphatic hydroxyl groups is 2. The molecule has 5 heteroatoms. The van der Waals surface area contributed by atoms with Gasteiger partial charge in [0.15, 0.2) is 0 Å². The zero-order chi connectivity index (χ0) is 12.9. The molecule has 4 nitrogen and oxygen atoms in total. The van der Waals surface area contributed by atoms with Crippen LogP contribution in [0.5, 0.6) is 0 Å². The van der Waals surface area contributed by atoms with Crippen LogP contribution in [0.4, 0.5) is 0 Å². The lowest BCUT2D eigenvalue weighted by Crippen LogP contribution is -2.23. The lowest BCUT2D eigenvalue weighted by atomic mass is 10.1. The number of rotatable bonds is 6. The van der Waals surface area contributed by atoms with E-state index in [0.29, 0.717) is 4.90 Å². The number of carbonyl (C=O) groups is 1. The van der Waals surface area contributed by atoms with Crippen LogP contribution >= 0.6 is 11.8 Å². The molecule has 1 rings (SSSR count). The van der Waals surface area contributed by atoms with E-state index < -0.39 is 11.1 Å². The summed E-state index contributed by atoms with van der Waals surface area (Å²) in [7, 11) is 0. The second-order valence-corrected chi connectivity index (χ2v) is 4.90. The fraction of sp³-hybridized carbons (Fsp3) is 0.250. The largest absolute Gasteiger partial charge is 0.478 e. The van der Waals surface area contributed by atoms with Gasteiger partial charge in [0.05, 0.1) is 0 Å². The molecule has 0 unspecified atom stereocenters. The molecular weight excluding hydrogens is 240 g/mol. The maximum absolute atomic E-state index is 10.5. The molecule has 0 amide bonds. The molecular formula is C12H14O4S. The Morgan fingerprint density at radius 1 is 1.29 bits per heavy atom. The molecule has 1 aromatic rings. The Morgan fingerprint density at radius 2 is 1.88 bits per heavy atom. The molecule has 0 spiro atoms. The fourth-order valence-electron chi connectivity index (χ4n) is 1.15. The Morgan fingerprint density at radius 3 is 2.41 bits per heavy atom. The van der Waals surface area contributed by atoms with Crippen LogP contribution in [-0.2, 0) is 4.79 Å². The van der Waals surface area contributed by atoms with Crippen LogP contribution in [0.1, 0.15) is 12.8 Å². The second kappa shape index (κ2) is 5.86. The van der Waals surface area contributed by atoms with E-state index in [4.69, 9.17) is 5.11 Å². The number of benzene rings is 1. The average Bonchev–Trinajstić information content (AvgIpc) is 2.26. The van der Waals surface area contributed by atoms with E-state index in [1.807, 2.05) is 6.07 Å². The summed E-state index contributed by atoms with van der Waals surface area (Å²) in [5.74, 6) is -1.12. The monoisotopic (exact) mass is 254 g/mol. The predicted molar refractivity (Wildman–Crippen MR) is 65.5 cm³/mol. The van der Waals surface area contributed by atoms with Gasteiger partial charge in [-0.2, -0.15) is 0 Å². The van der Waals surface area contributed by atoms with Crippen molar-refractivity contribution in [1.29, 1.82) is 0 Å². The van der Waals surface area contributed by atoms with Crippen LogP contribution in [0.25, 0.3) is 0 Å². The molecule has 0 heterocycles.